The molecular weight excluding hydrogens is 180 g/mol. The van der Waals surface area contributed by atoms with Gasteiger partial charge < -0.3 is 8.85 Å². The Kier molecular flexibility index (Phi) is 5.18. The van der Waals surface area contributed by atoms with Crippen molar-refractivity contribution in [2.24, 2.45) is 11.3 Å². The molecule has 0 aromatic rings. The van der Waals surface area contributed by atoms with E-state index in [1.807, 2.05) is 0 Å². The summed E-state index contributed by atoms with van der Waals surface area (Å²) in [7, 11) is 2.05. The zero-order valence-corrected chi connectivity index (χ0v) is 11.2. The summed E-state index contributed by atoms with van der Waals surface area (Å²) in [6.07, 6.45) is 0. The predicted molar refractivity (Wildman–Crippen MR) is 59.2 cm³/mol. The van der Waals surface area contributed by atoms with Gasteiger partial charge in [-0.05, 0) is 11.3 Å². The fraction of sp³-hybridized carbons (Fsp3) is 1.00. The van der Waals surface area contributed by atoms with E-state index in [9.17, 15) is 0 Å². The molecule has 2 nitrogen and oxygen atoms in total. The van der Waals surface area contributed by atoms with Crippen LogP contribution < -0.4 is 0 Å². The molecule has 0 N–H and O–H groups in total. The summed E-state index contributed by atoms with van der Waals surface area (Å²) < 4.78 is 10.8. The second kappa shape index (κ2) is 5.13. The maximum atomic E-state index is 5.41. The molecule has 0 radical (unpaired) electrons. The van der Waals surface area contributed by atoms with Gasteiger partial charge in [0.05, 0.1) is 0 Å². The van der Waals surface area contributed by atoms with Crippen LogP contribution in [0.4, 0.5) is 0 Å². The largest absolute Gasteiger partial charge is 0.400 e. The molecule has 0 saturated heterocycles. The summed E-state index contributed by atoms with van der Waals surface area (Å²) in [4.78, 5) is 0. The average Bonchev–Trinajstić information content (AvgIpc) is 2.06. The Labute approximate surface area is 84.5 Å². The molecule has 0 rings (SSSR count). The second-order valence-electron chi connectivity index (χ2n) is 4.60. The molecule has 0 aromatic carbocycles. The summed E-state index contributed by atoms with van der Waals surface area (Å²) in [6.45, 7) is 11.3. The first kappa shape index (κ1) is 13.1. The van der Waals surface area contributed by atoms with E-state index in [-0.39, 0.29) is 0 Å². The molecule has 0 heterocycles. The molecule has 0 saturated carbocycles. The molecule has 1 unspecified atom stereocenters. The third-order valence-electron chi connectivity index (χ3n) is 3.53. The van der Waals surface area contributed by atoms with Crippen molar-refractivity contribution in [2.45, 2.75) is 40.2 Å². The van der Waals surface area contributed by atoms with E-state index in [1.54, 1.807) is 14.2 Å². The Hall–Kier alpha value is 0.137. The van der Waals surface area contributed by atoms with Crippen LogP contribution in [0.5, 0.6) is 0 Å². The van der Waals surface area contributed by atoms with Gasteiger partial charge in [-0.3, -0.25) is 0 Å². The highest BCUT2D eigenvalue weighted by molar-refractivity contribution is 6.46. The van der Waals surface area contributed by atoms with Crippen LogP contribution in [-0.4, -0.2) is 23.5 Å². The molecular formula is C10H24O2Si. The third-order valence-corrected chi connectivity index (χ3v) is 6.14. The Bertz CT molecular complexity index is 142. The highest BCUT2D eigenvalue weighted by Crippen LogP contribution is 2.40. The Morgan fingerprint density at radius 1 is 1.00 bits per heavy atom. The molecule has 0 fully saturated rings. The minimum Gasteiger partial charge on any atom is -0.400 e. The molecule has 0 aliphatic rings. The van der Waals surface area contributed by atoms with Crippen molar-refractivity contribution in [2.75, 3.05) is 14.2 Å². The SMILES string of the molecule is CO[SiH](OC)C(C)C(C)(C)C(C)C. The number of hydrogen-bond acceptors (Lipinski definition) is 2. The summed E-state index contributed by atoms with van der Waals surface area (Å²) in [5.41, 5.74) is 0.825. The lowest BCUT2D eigenvalue weighted by atomic mass is 9.78. The lowest BCUT2D eigenvalue weighted by molar-refractivity contribution is 0.182. The van der Waals surface area contributed by atoms with Crippen molar-refractivity contribution in [3.8, 4) is 0 Å². The molecule has 3 heteroatoms. The Balaban J connectivity index is 4.45. The van der Waals surface area contributed by atoms with Crippen molar-refractivity contribution in [1.29, 1.82) is 0 Å². The quantitative estimate of drug-likeness (QED) is 0.641. The molecule has 0 aliphatic carbocycles. The van der Waals surface area contributed by atoms with Gasteiger partial charge in [-0.1, -0.05) is 34.6 Å². The van der Waals surface area contributed by atoms with Crippen molar-refractivity contribution < 1.29 is 8.85 Å². The van der Waals surface area contributed by atoms with Crippen LogP contribution in [0, 0.1) is 11.3 Å². The van der Waals surface area contributed by atoms with Gasteiger partial charge in [-0.15, -0.1) is 0 Å². The maximum absolute atomic E-state index is 5.41. The standard InChI is InChI=1S/C10H24O2Si/c1-8(2)10(4,5)9(3)13(11-6)12-7/h8-9,13H,1-7H3. The van der Waals surface area contributed by atoms with Gasteiger partial charge in [0.2, 0.25) is 0 Å². The van der Waals surface area contributed by atoms with E-state index in [0.29, 0.717) is 16.9 Å². The molecule has 1 atom stereocenters. The van der Waals surface area contributed by atoms with E-state index in [2.05, 4.69) is 34.6 Å². The van der Waals surface area contributed by atoms with E-state index < -0.39 is 9.28 Å². The van der Waals surface area contributed by atoms with E-state index in [1.165, 1.54) is 0 Å². The second-order valence-corrected chi connectivity index (χ2v) is 7.28. The molecule has 80 valence electrons. The first-order valence-corrected chi connectivity index (χ1v) is 6.54. The lowest BCUT2D eigenvalue weighted by Crippen LogP contribution is -2.37. The maximum Gasteiger partial charge on any atom is 0.324 e. The van der Waals surface area contributed by atoms with Crippen LogP contribution in [0.25, 0.3) is 0 Å². The van der Waals surface area contributed by atoms with E-state index in [4.69, 9.17) is 8.85 Å². The van der Waals surface area contributed by atoms with Gasteiger partial charge >= 0.3 is 9.28 Å². The van der Waals surface area contributed by atoms with Gasteiger partial charge in [-0.2, -0.15) is 0 Å². The summed E-state index contributed by atoms with van der Waals surface area (Å²) >= 11 is 0. The lowest BCUT2D eigenvalue weighted by Gasteiger charge is -2.38. The van der Waals surface area contributed by atoms with Crippen LogP contribution in [-0.2, 0) is 8.85 Å². The minimum absolute atomic E-state index is 0.295. The fourth-order valence-electron chi connectivity index (χ4n) is 1.38. The smallest absolute Gasteiger partial charge is 0.324 e. The normalized spacial score (nSPS) is 15.5. The molecule has 0 amide bonds. The molecule has 13 heavy (non-hydrogen) atoms. The van der Waals surface area contributed by atoms with Crippen molar-refractivity contribution in [3.05, 3.63) is 0 Å². The van der Waals surface area contributed by atoms with Crippen LogP contribution in [0.2, 0.25) is 5.54 Å². The van der Waals surface area contributed by atoms with Gasteiger partial charge in [-0.25, -0.2) is 0 Å². The molecule has 0 spiro atoms. The first-order valence-electron chi connectivity index (χ1n) is 4.93. The summed E-state index contributed by atoms with van der Waals surface area (Å²) in [6, 6.07) is 0. The van der Waals surface area contributed by atoms with E-state index >= 15 is 0 Å². The number of hydrogen-bond donors (Lipinski definition) is 0. The van der Waals surface area contributed by atoms with Gasteiger partial charge in [0.25, 0.3) is 0 Å². The first-order chi connectivity index (χ1) is 5.87. The highest BCUT2D eigenvalue weighted by atomic mass is 28.3. The third kappa shape index (κ3) is 3.08. The zero-order chi connectivity index (χ0) is 10.6. The van der Waals surface area contributed by atoms with Crippen molar-refractivity contribution in [1.82, 2.24) is 0 Å². The minimum atomic E-state index is -1.47. The summed E-state index contributed by atoms with van der Waals surface area (Å²) in [5, 5.41) is 0. The van der Waals surface area contributed by atoms with Crippen molar-refractivity contribution >= 4 is 9.28 Å². The monoisotopic (exact) mass is 204 g/mol. The highest BCUT2D eigenvalue weighted by Gasteiger charge is 2.36. The van der Waals surface area contributed by atoms with Crippen LogP contribution >= 0.6 is 0 Å². The van der Waals surface area contributed by atoms with Crippen LogP contribution in [0.15, 0.2) is 0 Å². The van der Waals surface area contributed by atoms with Gasteiger partial charge in [0.1, 0.15) is 0 Å². The fourth-order valence-corrected chi connectivity index (χ4v) is 3.48. The molecule has 0 aromatic heterocycles. The molecule has 0 aliphatic heterocycles. The average molecular weight is 204 g/mol. The Morgan fingerprint density at radius 2 is 1.38 bits per heavy atom. The topological polar surface area (TPSA) is 18.5 Å². The zero-order valence-electron chi connectivity index (χ0n) is 10.0. The molecule has 0 bridgehead atoms. The van der Waals surface area contributed by atoms with E-state index in [0.717, 1.165) is 0 Å². The predicted octanol–water partition coefficient (Wildman–Crippen LogP) is 2.57. The van der Waals surface area contributed by atoms with Gasteiger partial charge in [0.15, 0.2) is 0 Å². The Morgan fingerprint density at radius 3 is 1.62 bits per heavy atom. The van der Waals surface area contributed by atoms with Crippen LogP contribution in [0.3, 0.4) is 0 Å². The van der Waals surface area contributed by atoms with Crippen molar-refractivity contribution in [3.63, 3.8) is 0 Å². The van der Waals surface area contributed by atoms with Crippen LogP contribution in [0.1, 0.15) is 34.6 Å². The number of rotatable bonds is 5. The van der Waals surface area contributed by atoms with Gasteiger partial charge in [0, 0.05) is 19.8 Å². The summed E-state index contributed by atoms with van der Waals surface area (Å²) in [5.74, 6) is 0.655.